The molecule has 2 aliphatic heterocycles. The van der Waals surface area contributed by atoms with Crippen molar-refractivity contribution >= 4 is 34.0 Å². The molecule has 3 aliphatic carbocycles. The van der Waals surface area contributed by atoms with Gasteiger partial charge < -0.3 is 14.0 Å². The minimum atomic E-state index is -4.80. The summed E-state index contributed by atoms with van der Waals surface area (Å²) in [6.07, 6.45) is -0.246. The van der Waals surface area contributed by atoms with E-state index < -0.39 is 74.8 Å². The second-order valence-corrected chi connectivity index (χ2v) is 7.68. The molecule has 2 bridgehead atoms. The van der Waals surface area contributed by atoms with Crippen molar-refractivity contribution in [1.29, 1.82) is 0 Å². The van der Waals surface area contributed by atoms with Gasteiger partial charge in [0.15, 0.2) is 0 Å². The Labute approximate surface area is 142 Å². The van der Waals surface area contributed by atoms with Gasteiger partial charge in [0.2, 0.25) is 0 Å². The summed E-state index contributed by atoms with van der Waals surface area (Å²) in [5, 5.41) is -1.50. The zero-order chi connectivity index (χ0) is 16.0. The third kappa shape index (κ3) is 1.99. The molecular formula is C12H9LiO9S. The van der Waals surface area contributed by atoms with Crippen LogP contribution in [0.1, 0.15) is 6.42 Å². The van der Waals surface area contributed by atoms with Crippen molar-refractivity contribution in [2.45, 2.75) is 11.7 Å². The van der Waals surface area contributed by atoms with Crippen molar-refractivity contribution in [3.8, 4) is 0 Å². The smallest absolute Gasteiger partial charge is 0.748 e. The first kappa shape index (κ1) is 16.6. The SMILES string of the molecule is O=C1OC(=O)C2C1C1CC(S(=O)(=O)[O-])C2C2C(=O)OC(=O)C12.[Li+]. The third-order valence-electron chi connectivity index (χ3n) is 5.32. The van der Waals surface area contributed by atoms with E-state index in [4.69, 9.17) is 0 Å². The number of esters is 4. The minimum absolute atomic E-state index is 0. The van der Waals surface area contributed by atoms with Gasteiger partial charge in [0, 0.05) is 5.92 Å². The van der Waals surface area contributed by atoms with Gasteiger partial charge in [-0.3, -0.25) is 19.2 Å². The first-order chi connectivity index (χ1) is 10.2. The zero-order valence-electron chi connectivity index (χ0n) is 11.8. The summed E-state index contributed by atoms with van der Waals surface area (Å²) in [4.78, 5) is 47.4. The molecule has 0 aromatic rings. The van der Waals surface area contributed by atoms with Crippen LogP contribution in [0.25, 0.3) is 0 Å². The Balaban J connectivity index is 0.00000156. The molecule has 5 fully saturated rings. The van der Waals surface area contributed by atoms with Gasteiger partial charge in [-0.1, -0.05) is 0 Å². The predicted molar refractivity (Wildman–Crippen MR) is 61.2 cm³/mol. The standard InChI is InChI=1S/C12H10O9S.Li/c13-9-4-2-1-3(22(17,18)19)6(7(4)11(15)20-9)8-5(2)10(14)21-12(8)16;/h2-8H,1H2,(H,17,18,19);/q;+1/p-1. The van der Waals surface area contributed by atoms with E-state index in [2.05, 4.69) is 9.47 Å². The van der Waals surface area contributed by atoms with Crippen LogP contribution in [0.5, 0.6) is 0 Å². The molecule has 118 valence electrons. The maximum absolute atomic E-state index is 11.9. The van der Waals surface area contributed by atoms with Crippen LogP contribution in [0.4, 0.5) is 0 Å². The average molecular weight is 336 g/mol. The van der Waals surface area contributed by atoms with Crippen LogP contribution in [0.15, 0.2) is 0 Å². The molecule has 11 heteroatoms. The molecule has 2 heterocycles. The van der Waals surface area contributed by atoms with E-state index in [-0.39, 0.29) is 25.3 Å². The molecule has 0 N–H and O–H groups in total. The Morgan fingerprint density at radius 2 is 1.22 bits per heavy atom. The van der Waals surface area contributed by atoms with Gasteiger partial charge in [-0.15, -0.1) is 0 Å². The Morgan fingerprint density at radius 3 is 1.61 bits per heavy atom. The minimum Gasteiger partial charge on any atom is -0.748 e. The topological polar surface area (TPSA) is 144 Å². The van der Waals surface area contributed by atoms with Crippen molar-refractivity contribution < 1.29 is 60.5 Å². The van der Waals surface area contributed by atoms with Crippen molar-refractivity contribution in [3.05, 3.63) is 0 Å². The average Bonchev–Trinajstić information content (AvgIpc) is 2.89. The summed E-state index contributed by atoms with van der Waals surface area (Å²) < 4.78 is 43.6. The van der Waals surface area contributed by atoms with Crippen LogP contribution < -0.4 is 18.9 Å². The Bertz CT molecular complexity index is 702. The molecule has 3 saturated carbocycles. The molecule has 2 saturated heterocycles. The fourth-order valence-corrected chi connectivity index (χ4v) is 5.85. The largest absolute Gasteiger partial charge is 1.00 e. The van der Waals surface area contributed by atoms with E-state index in [1.807, 2.05) is 0 Å². The molecule has 0 aromatic heterocycles. The summed E-state index contributed by atoms with van der Waals surface area (Å²) in [7, 11) is -4.80. The normalized spacial score (nSPS) is 44.3. The molecule has 23 heavy (non-hydrogen) atoms. The number of hydrogen-bond donors (Lipinski definition) is 0. The van der Waals surface area contributed by atoms with Gasteiger partial charge in [0.1, 0.15) is 0 Å². The van der Waals surface area contributed by atoms with E-state index in [1.54, 1.807) is 0 Å². The van der Waals surface area contributed by atoms with Crippen molar-refractivity contribution in [1.82, 2.24) is 0 Å². The van der Waals surface area contributed by atoms with Crippen LogP contribution >= 0.6 is 0 Å². The van der Waals surface area contributed by atoms with E-state index >= 15 is 0 Å². The number of carbonyl (C=O) groups excluding carboxylic acids is 4. The predicted octanol–water partition coefficient (Wildman–Crippen LogP) is -4.81. The number of ether oxygens (including phenoxy) is 2. The molecule has 0 radical (unpaired) electrons. The van der Waals surface area contributed by atoms with Gasteiger partial charge >= 0.3 is 42.7 Å². The monoisotopic (exact) mass is 336 g/mol. The van der Waals surface area contributed by atoms with Crippen LogP contribution in [0.3, 0.4) is 0 Å². The van der Waals surface area contributed by atoms with Crippen molar-refractivity contribution in [2.75, 3.05) is 0 Å². The zero-order valence-corrected chi connectivity index (χ0v) is 12.6. The molecule has 0 amide bonds. The van der Waals surface area contributed by atoms with E-state index in [9.17, 15) is 32.1 Å². The van der Waals surface area contributed by atoms with Gasteiger partial charge in [-0.05, 0) is 12.3 Å². The molecular weight excluding hydrogens is 327 g/mol. The summed E-state index contributed by atoms with van der Waals surface area (Å²) in [6, 6.07) is 0. The Morgan fingerprint density at radius 1 is 0.826 bits per heavy atom. The Hall–Kier alpha value is -1.21. The maximum Gasteiger partial charge on any atom is 1.00 e. The van der Waals surface area contributed by atoms with Gasteiger partial charge in [-0.2, -0.15) is 0 Å². The molecule has 5 rings (SSSR count). The molecule has 5 aliphatic rings. The van der Waals surface area contributed by atoms with Crippen molar-refractivity contribution in [2.24, 2.45) is 35.5 Å². The molecule has 9 nitrogen and oxygen atoms in total. The maximum atomic E-state index is 11.9. The summed E-state index contributed by atoms with van der Waals surface area (Å²) in [5.74, 6) is -10.1. The number of cyclic esters (lactones) is 4. The second kappa shape index (κ2) is 4.89. The van der Waals surface area contributed by atoms with Crippen molar-refractivity contribution in [3.63, 3.8) is 0 Å². The first-order valence-corrected chi connectivity index (χ1v) is 8.14. The molecule has 5 unspecified atom stereocenters. The number of hydrogen-bond acceptors (Lipinski definition) is 9. The van der Waals surface area contributed by atoms with Crippen LogP contribution in [0.2, 0.25) is 0 Å². The second-order valence-electron chi connectivity index (χ2n) is 6.09. The van der Waals surface area contributed by atoms with Gasteiger partial charge in [-0.25, -0.2) is 8.42 Å². The summed E-state index contributed by atoms with van der Waals surface area (Å²) in [5.41, 5.74) is 0. The van der Waals surface area contributed by atoms with Gasteiger partial charge in [0.25, 0.3) is 0 Å². The van der Waals surface area contributed by atoms with Crippen LogP contribution in [-0.4, -0.2) is 42.1 Å². The quantitative estimate of drug-likeness (QED) is 0.199. The number of fused-ring (bicyclic) bond motifs is 1. The molecule has 5 atom stereocenters. The van der Waals surface area contributed by atoms with E-state index in [0.29, 0.717) is 0 Å². The number of carbonyl (C=O) groups is 4. The van der Waals surface area contributed by atoms with Crippen LogP contribution in [0, 0.1) is 35.5 Å². The van der Waals surface area contributed by atoms with E-state index in [0.717, 1.165) is 0 Å². The van der Waals surface area contributed by atoms with Crippen LogP contribution in [-0.2, 0) is 38.8 Å². The van der Waals surface area contributed by atoms with E-state index in [1.165, 1.54) is 0 Å². The summed E-state index contributed by atoms with van der Waals surface area (Å²) in [6.45, 7) is 0. The fraction of sp³-hybridized carbons (Fsp3) is 0.667. The molecule has 0 spiro atoms. The summed E-state index contributed by atoms with van der Waals surface area (Å²) >= 11 is 0. The third-order valence-corrected chi connectivity index (χ3v) is 6.57. The van der Waals surface area contributed by atoms with Gasteiger partial charge in [0.05, 0.1) is 39.0 Å². The molecule has 0 aromatic carbocycles. The Kier molecular flexibility index (Phi) is 3.54. The fourth-order valence-electron chi connectivity index (χ4n) is 4.67. The first-order valence-electron chi connectivity index (χ1n) is 6.67. The number of rotatable bonds is 1.